The average molecular weight is 253 g/mol. The highest BCUT2D eigenvalue weighted by Gasteiger charge is 2.00. The Morgan fingerprint density at radius 2 is 1.84 bits per heavy atom. The van der Waals surface area contributed by atoms with Crippen LogP contribution in [-0.4, -0.2) is 4.98 Å². The van der Waals surface area contributed by atoms with Gasteiger partial charge in [0.05, 0.1) is 0 Å². The van der Waals surface area contributed by atoms with E-state index >= 15 is 0 Å². The van der Waals surface area contributed by atoms with E-state index in [0.29, 0.717) is 6.54 Å². The number of benzene rings is 2. The molecule has 2 aromatic carbocycles. The van der Waals surface area contributed by atoms with Crippen molar-refractivity contribution < 1.29 is 4.42 Å². The number of hydrogen-bond donors (Lipinski definition) is 2. The van der Waals surface area contributed by atoms with Crippen LogP contribution in [0.2, 0.25) is 0 Å². The standard InChI is InChI=1S/C15H15N3O/c16-8-11-1-3-12(4-2-11)9-17-13-5-6-14-15(7-13)19-10-18-14/h1-7,10,17H,8-9,16H2. The van der Waals surface area contributed by atoms with Crippen LogP contribution in [0.25, 0.3) is 11.1 Å². The SMILES string of the molecule is NCc1ccc(CNc2ccc3ncoc3c2)cc1. The molecule has 3 N–H and O–H groups in total. The van der Waals surface area contributed by atoms with Gasteiger partial charge in [0.25, 0.3) is 0 Å². The van der Waals surface area contributed by atoms with Gasteiger partial charge in [-0.3, -0.25) is 0 Å². The number of aromatic nitrogens is 1. The summed E-state index contributed by atoms with van der Waals surface area (Å²) >= 11 is 0. The lowest BCUT2D eigenvalue weighted by Crippen LogP contribution is -2.00. The van der Waals surface area contributed by atoms with E-state index in [9.17, 15) is 0 Å². The molecule has 0 aliphatic carbocycles. The Balaban J connectivity index is 1.70. The molecule has 1 heterocycles. The molecule has 0 amide bonds. The molecule has 0 spiro atoms. The van der Waals surface area contributed by atoms with E-state index in [1.54, 1.807) is 0 Å². The maximum Gasteiger partial charge on any atom is 0.181 e. The summed E-state index contributed by atoms with van der Waals surface area (Å²) in [6, 6.07) is 14.2. The first-order chi connectivity index (χ1) is 9.35. The van der Waals surface area contributed by atoms with Gasteiger partial charge < -0.3 is 15.5 Å². The highest BCUT2D eigenvalue weighted by molar-refractivity contribution is 5.76. The van der Waals surface area contributed by atoms with E-state index in [1.165, 1.54) is 12.0 Å². The van der Waals surface area contributed by atoms with Crippen molar-refractivity contribution in [1.82, 2.24) is 4.98 Å². The molecule has 0 unspecified atom stereocenters. The summed E-state index contributed by atoms with van der Waals surface area (Å²) in [6.45, 7) is 1.35. The van der Waals surface area contributed by atoms with Gasteiger partial charge in [0.1, 0.15) is 5.52 Å². The molecule has 0 fully saturated rings. The average Bonchev–Trinajstić information content (AvgIpc) is 2.93. The van der Waals surface area contributed by atoms with Gasteiger partial charge in [-0.15, -0.1) is 0 Å². The molecule has 4 heteroatoms. The van der Waals surface area contributed by atoms with Crippen molar-refractivity contribution in [1.29, 1.82) is 0 Å². The van der Waals surface area contributed by atoms with Crippen LogP contribution in [0.3, 0.4) is 0 Å². The summed E-state index contributed by atoms with van der Waals surface area (Å²) in [5.74, 6) is 0. The van der Waals surface area contributed by atoms with Crippen LogP contribution in [-0.2, 0) is 13.1 Å². The minimum Gasteiger partial charge on any atom is -0.443 e. The maximum atomic E-state index is 5.58. The zero-order valence-electron chi connectivity index (χ0n) is 10.5. The molecule has 0 aliphatic heterocycles. The Kier molecular flexibility index (Phi) is 3.16. The number of nitrogens with zero attached hydrogens (tertiary/aromatic N) is 1. The highest BCUT2D eigenvalue weighted by Crippen LogP contribution is 2.18. The third kappa shape index (κ3) is 2.58. The van der Waals surface area contributed by atoms with Crippen molar-refractivity contribution in [3.05, 3.63) is 60.0 Å². The molecular formula is C15H15N3O. The first-order valence-corrected chi connectivity index (χ1v) is 6.20. The Labute approximate surface area is 111 Å². The lowest BCUT2D eigenvalue weighted by atomic mass is 10.1. The zero-order valence-corrected chi connectivity index (χ0v) is 10.5. The molecule has 96 valence electrons. The minimum absolute atomic E-state index is 0.579. The van der Waals surface area contributed by atoms with Gasteiger partial charge in [-0.1, -0.05) is 24.3 Å². The van der Waals surface area contributed by atoms with E-state index < -0.39 is 0 Å². The smallest absolute Gasteiger partial charge is 0.181 e. The molecule has 0 saturated carbocycles. The third-order valence-corrected chi connectivity index (χ3v) is 3.09. The third-order valence-electron chi connectivity index (χ3n) is 3.09. The summed E-state index contributed by atoms with van der Waals surface area (Å²) < 4.78 is 5.28. The van der Waals surface area contributed by atoms with E-state index in [2.05, 4.69) is 34.6 Å². The van der Waals surface area contributed by atoms with Gasteiger partial charge >= 0.3 is 0 Å². The van der Waals surface area contributed by atoms with Crippen molar-refractivity contribution >= 4 is 16.8 Å². The molecule has 0 radical (unpaired) electrons. The van der Waals surface area contributed by atoms with Gasteiger partial charge in [-0.05, 0) is 23.3 Å². The molecule has 0 bridgehead atoms. The molecule has 3 aromatic rings. The topological polar surface area (TPSA) is 64.1 Å². The molecular weight excluding hydrogens is 238 g/mol. The predicted octanol–water partition coefficient (Wildman–Crippen LogP) is 2.90. The molecule has 0 atom stereocenters. The summed E-state index contributed by atoms with van der Waals surface area (Å²) in [7, 11) is 0. The quantitative estimate of drug-likeness (QED) is 0.750. The van der Waals surface area contributed by atoms with Gasteiger partial charge in [0.15, 0.2) is 12.0 Å². The van der Waals surface area contributed by atoms with Crippen molar-refractivity contribution in [3.8, 4) is 0 Å². The number of nitrogens with two attached hydrogens (primary N) is 1. The Hall–Kier alpha value is -2.33. The number of nitrogens with one attached hydrogen (secondary N) is 1. The fourth-order valence-corrected chi connectivity index (χ4v) is 1.96. The first-order valence-electron chi connectivity index (χ1n) is 6.20. The second-order valence-corrected chi connectivity index (χ2v) is 4.41. The fraction of sp³-hybridized carbons (Fsp3) is 0.133. The monoisotopic (exact) mass is 253 g/mol. The van der Waals surface area contributed by atoms with Crippen LogP contribution < -0.4 is 11.1 Å². The van der Waals surface area contributed by atoms with Gasteiger partial charge in [-0.25, -0.2) is 4.98 Å². The number of hydrogen-bond acceptors (Lipinski definition) is 4. The zero-order chi connectivity index (χ0) is 13.1. The van der Waals surface area contributed by atoms with Crippen molar-refractivity contribution in [2.45, 2.75) is 13.1 Å². The second kappa shape index (κ2) is 5.12. The molecule has 0 saturated heterocycles. The lowest BCUT2D eigenvalue weighted by Gasteiger charge is -2.07. The number of rotatable bonds is 4. The number of anilines is 1. The van der Waals surface area contributed by atoms with Crippen LogP contribution >= 0.6 is 0 Å². The van der Waals surface area contributed by atoms with Crippen molar-refractivity contribution in [3.63, 3.8) is 0 Å². The lowest BCUT2D eigenvalue weighted by molar-refractivity contribution is 0.602. The summed E-state index contributed by atoms with van der Waals surface area (Å²) in [6.07, 6.45) is 1.46. The van der Waals surface area contributed by atoms with Gasteiger partial charge in [0.2, 0.25) is 0 Å². The Morgan fingerprint density at radius 3 is 2.63 bits per heavy atom. The van der Waals surface area contributed by atoms with Crippen LogP contribution in [0.1, 0.15) is 11.1 Å². The predicted molar refractivity (Wildman–Crippen MR) is 75.7 cm³/mol. The molecule has 4 nitrogen and oxygen atoms in total. The maximum absolute atomic E-state index is 5.58. The summed E-state index contributed by atoms with van der Waals surface area (Å²) in [5.41, 5.74) is 10.6. The van der Waals surface area contributed by atoms with Crippen molar-refractivity contribution in [2.75, 3.05) is 5.32 Å². The van der Waals surface area contributed by atoms with Crippen LogP contribution in [0.15, 0.2) is 53.3 Å². The van der Waals surface area contributed by atoms with Crippen molar-refractivity contribution in [2.24, 2.45) is 5.73 Å². The van der Waals surface area contributed by atoms with E-state index in [0.717, 1.165) is 28.9 Å². The molecule has 3 rings (SSSR count). The van der Waals surface area contributed by atoms with E-state index in [-0.39, 0.29) is 0 Å². The number of fused-ring (bicyclic) bond motifs is 1. The van der Waals surface area contributed by atoms with E-state index in [4.69, 9.17) is 10.2 Å². The summed E-state index contributed by atoms with van der Waals surface area (Å²) in [5, 5.41) is 3.36. The van der Waals surface area contributed by atoms with Gasteiger partial charge in [0, 0.05) is 24.8 Å². The van der Waals surface area contributed by atoms with E-state index in [1.807, 2.05) is 18.2 Å². The molecule has 1 aromatic heterocycles. The van der Waals surface area contributed by atoms with Crippen LogP contribution in [0.4, 0.5) is 5.69 Å². The number of oxazole rings is 1. The Morgan fingerprint density at radius 1 is 1.05 bits per heavy atom. The van der Waals surface area contributed by atoms with Crippen LogP contribution in [0.5, 0.6) is 0 Å². The Bertz CT molecular complexity index is 673. The second-order valence-electron chi connectivity index (χ2n) is 4.41. The summed E-state index contributed by atoms with van der Waals surface area (Å²) in [4.78, 5) is 4.09. The van der Waals surface area contributed by atoms with Gasteiger partial charge in [-0.2, -0.15) is 0 Å². The normalized spacial score (nSPS) is 10.8. The fourth-order valence-electron chi connectivity index (χ4n) is 1.96. The first kappa shape index (κ1) is 11.7. The minimum atomic E-state index is 0.579. The van der Waals surface area contributed by atoms with Crippen LogP contribution in [0, 0.1) is 0 Å². The highest BCUT2D eigenvalue weighted by atomic mass is 16.3. The molecule has 0 aliphatic rings. The molecule has 19 heavy (non-hydrogen) atoms. The largest absolute Gasteiger partial charge is 0.443 e.